The third kappa shape index (κ3) is 1.56. The number of pyridine rings is 1. The molecule has 2 rings (SSSR count). The topological polar surface area (TPSA) is 34.2 Å². The van der Waals surface area contributed by atoms with Gasteiger partial charge in [-0.1, -0.05) is 0 Å². The minimum atomic E-state index is 0.480. The molecule has 1 fully saturated rings. The highest BCUT2D eigenvalue weighted by atomic mass is 16.5. The van der Waals surface area contributed by atoms with Crippen molar-refractivity contribution in [3.63, 3.8) is 0 Å². The summed E-state index contributed by atoms with van der Waals surface area (Å²) in [5.74, 6) is 0. The monoisotopic (exact) mass is 164 g/mol. The first kappa shape index (κ1) is 7.55. The van der Waals surface area contributed by atoms with E-state index >= 15 is 0 Å². The van der Waals surface area contributed by atoms with E-state index in [0.717, 1.165) is 18.9 Å². The van der Waals surface area contributed by atoms with Crippen LogP contribution in [0.5, 0.6) is 0 Å². The number of ether oxygens (including phenoxy) is 1. The molecule has 0 bridgehead atoms. The first-order valence-electron chi connectivity index (χ1n) is 4.10. The minimum absolute atomic E-state index is 0.480. The molecule has 3 nitrogen and oxygen atoms in total. The molecule has 0 amide bonds. The van der Waals surface area contributed by atoms with Crippen molar-refractivity contribution in [2.45, 2.75) is 13.0 Å². The SMILES string of the molecule is Cc1cncc(NC2COC2)c1. The van der Waals surface area contributed by atoms with Crippen molar-refractivity contribution in [3.05, 3.63) is 24.0 Å². The fourth-order valence-corrected chi connectivity index (χ4v) is 1.19. The summed E-state index contributed by atoms with van der Waals surface area (Å²) in [6.45, 7) is 3.66. The summed E-state index contributed by atoms with van der Waals surface area (Å²) < 4.78 is 5.05. The van der Waals surface area contributed by atoms with Crippen LogP contribution >= 0.6 is 0 Å². The molecule has 12 heavy (non-hydrogen) atoms. The van der Waals surface area contributed by atoms with Crippen molar-refractivity contribution in [1.29, 1.82) is 0 Å². The number of aromatic nitrogens is 1. The zero-order chi connectivity index (χ0) is 8.39. The van der Waals surface area contributed by atoms with Crippen molar-refractivity contribution in [3.8, 4) is 0 Å². The van der Waals surface area contributed by atoms with Gasteiger partial charge in [-0.2, -0.15) is 0 Å². The molecule has 1 aromatic heterocycles. The highest BCUT2D eigenvalue weighted by Crippen LogP contribution is 2.12. The van der Waals surface area contributed by atoms with E-state index in [0.29, 0.717) is 6.04 Å². The van der Waals surface area contributed by atoms with Crippen LogP contribution in [0, 0.1) is 6.92 Å². The summed E-state index contributed by atoms with van der Waals surface area (Å²) in [7, 11) is 0. The lowest BCUT2D eigenvalue weighted by Crippen LogP contribution is -2.40. The Labute approximate surface area is 71.8 Å². The molecule has 1 saturated heterocycles. The second kappa shape index (κ2) is 3.11. The quantitative estimate of drug-likeness (QED) is 0.713. The summed E-state index contributed by atoms with van der Waals surface area (Å²) in [6, 6.07) is 2.57. The zero-order valence-corrected chi connectivity index (χ0v) is 7.08. The maximum atomic E-state index is 5.05. The van der Waals surface area contributed by atoms with Crippen LogP contribution in [0.15, 0.2) is 18.5 Å². The van der Waals surface area contributed by atoms with Crippen LogP contribution in [-0.4, -0.2) is 24.2 Å². The van der Waals surface area contributed by atoms with Crippen LogP contribution in [0.4, 0.5) is 5.69 Å². The van der Waals surface area contributed by atoms with Crippen LogP contribution in [-0.2, 0) is 4.74 Å². The van der Waals surface area contributed by atoms with Crippen LogP contribution < -0.4 is 5.32 Å². The number of anilines is 1. The predicted molar refractivity (Wildman–Crippen MR) is 47.2 cm³/mol. The van der Waals surface area contributed by atoms with Gasteiger partial charge in [-0.15, -0.1) is 0 Å². The van der Waals surface area contributed by atoms with E-state index in [1.165, 1.54) is 5.56 Å². The third-order valence-corrected chi connectivity index (χ3v) is 1.88. The number of rotatable bonds is 2. The fourth-order valence-electron chi connectivity index (χ4n) is 1.19. The van der Waals surface area contributed by atoms with Gasteiger partial charge >= 0.3 is 0 Å². The lowest BCUT2D eigenvalue weighted by atomic mass is 10.2. The Hall–Kier alpha value is -1.09. The van der Waals surface area contributed by atoms with Crippen molar-refractivity contribution < 1.29 is 4.74 Å². The van der Waals surface area contributed by atoms with Gasteiger partial charge in [0.15, 0.2) is 0 Å². The molecule has 2 heterocycles. The number of hydrogen-bond donors (Lipinski definition) is 1. The molecule has 0 radical (unpaired) electrons. The standard InChI is InChI=1S/C9H12N2O/c1-7-2-8(4-10-3-7)11-9-5-12-6-9/h2-4,9,11H,5-6H2,1H3. The number of hydrogen-bond acceptors (Lipinski definition) is 3. The van der Waals surface area contributed by atoms with Crippen molar-refractivity contribution in [1.82, 2.24) is 4.98 Å². The average molecular weight is 164 g/mol. The molecule has 1 aliphatic heterocycles. The lowest BCUT2D eigenvalue weighted by molar-refractivity contribution is 0.0211. The van der Waals surface area contributed by atoms with E-state index in [9.17, 15) is 0 Å². The summed E-state index contributed by atoms with van der Waals surface area (Å²) in [5.41, 5.74) is 2.27. The van der Waals surface area contributed by atoms with Gasteiger partial charge in [0, 0.05) is 12.4 Å². The maximum absolute atomic E-state index is 5.05. The molecule has 0 spiro atoms. The number of nitrogens with zero attached hydrogens (tertiary/aromatic N) is 1. The second-order valence-electron chi connectivity index (χ2n) is 3.13. The normalized spacial score (nSPS) is 17.1. The van der Waals surface area contributed by atoms with E-state index in [-0.39, 0.29) is 0 Å². The Kier molecular flexibility index (Phi) is 1.96. The molecular formula is C9H12N2O. The first-order chi connectivity index (χ1) is 5.84. The summed E-state index contributed by atoms with van der Waals surface area (Å²) in [6.07, 6.45) is 3.69. The smallest absolute Gasteiger partial charge is 0.0729 e. The van der Waals surface area contributed by atoms with Crippen molar-refractivity contribution >= 4 is 5.69 Å². The second-order valence-corrected chi connectivity index (χ2v) is 3.13. The summed E-state index contributed by atoms with van der Waals surface area (Å²) in [4.78, 5) is 4.09. The summed E-state index contributed by atoms with van der Waals surface area (Å²) >= 11 is 0. The maximum Gasteiger partial charge on any atom is 0.0729 e. The van der Waals surface area contributed by atoms with E-state index in [4.69, 9.17) is 4.74 Å². The van der Waals surface area contributed by atoms with Crippen LogP contribution in [0.2, 0.25) is 0 Å². The highest BCUT2D eigenvalue weighted by molar-refractivity contribution is 5.43. The van der Waals surface area contributed by atoms with Crippen LogP contribution in [0.3, 0.4) is 0 Å². The molecule has 0 unspecified atom stereocenters. The van der Waals surface area contributed by atoms with Crippen molar-refractivity contribution in [2.24, 2.45) is 0 Å². The molecule has 0 aromatic carbocycles. The third-order valence-electron chi connectivity index (χ3n) is 1.88. The van der Waals surface area contributed by atoms with Gasteiger partial charge in [-0.25, -0.2) is 0 Å². The Morgan fingerprint density at radius 2 is 2.33 bits per heavy atom. The Morgan fingerprint density at radius 1 is 1.50 bits per heavy atom. The van der Waals surface area contributed by atoms with Crippen molar-refractivity contribution in [2.75, 3.05) is 18.5 Å². The van der Waals surface area contributed by atoms with Crippen LogP contribution in [0.25, 0.3) is 0 Å². The lowest BCUT2D eigenvalue weighted by Gasteiger charge is -2.27. The molecule has 1 aliphatic rings. The van der Waals surface area contributed by atoms with E-state index in [2.05, 4.69) is 16.4 Å². The first-order valence-corrected chi connectivity index (χ1v) is 4.10. The minimum Gasteiger partial charge on any atom is -0.377 e. The van der Waals surface area contributed by atoms with E-state index in [1.807, 2.05) is 19.3 Å². The number of nitrogens with one attached hydrogen (secondary N) is 1. The van der Waals surface area contributed by atoms with E-state index in [1.54, 1.807) is 0 Å². The fraction of sp³-hybridized carbons (Fsp3) is 0.444. The van der Waals surface area contributed by atoms with Gasteiger partial charge in [0.2, 0.25) is 0 Å². The molecule has 0 atom stereocenters. The van der Waals surface area contributed by atoms with Gasteiger partial charge in [0.05, 0.1) is 24.9 Å². The molecule has 1 aromatic rings. The van der Waals surface area contributed by atoms with Gasteiger partial charge in [-0.05, 0) is 18.6 Å². The van der Waals surface area contributed by atoms with E-state index < -0.39 is 0 Å². The average Bonchev–Trinajstić information content (AvgIpc) is 1.97. The van der Waals surface area contributed by atoms with Gasteiger partial charge in [-0.3, -0.25) is 4.98 Å². The molecule has 3 heteroatoms. The largest absolute Gasteiger partial charge is 0.377 e. The predicted octanol–water partition coefficient (Wildman–Crippen LogP) is 1.20. The highest BCUT2D eigenvalue weighted by Gasteiger charge is 2.17. The molecular weight excluding hydrogens is 152 g/mol. The molecule has 0 saturated carbocycles. The molecule has 0 aliphatic carbocycles. The summed E-state index contributed by atoms with van der Waals surface area (Å²) in [5, 5.41) is 3.33. The Balaban J connectivity index is 2.02. The Morgan fingerprint density at radius 3 is 2.92 bits per heavy atom. The van der Waals surface area contributed by atoms with Gasteiger partial charge in [0.1, 0.15) is 0 Å². The molecule has 64 valence electrons. The van der Waals surface area contributed by atoms with Crippen LogP contribution in [0.1, 0.15) is 5.56 Å². The van der Waals surface area contributed by atoms with Gasteiger partial charge < -0.3 is 10.1 Å². The Bertz CT molecular complexity index is 271. The zero-order valence-electron chi connectivity index (χ0n) is 7.08. The molecule has 1 N–H and O–H groups in total. The van der Waals surface area contributed by atoms with Gasteiger partial charge in [0.25, 0.3) is 0 Å². The number of aryl methyl sites for hydroxylation is 1.